The van der Waals surface area contributed by atoms with Gasteiger partial charge >= 0.3 is 0 Å². The molecule has 4 rings (SSSR count). The summed E-state index contributed by atoms with van der Waals surface area (Å²) in [5, 5.41) is 21.8. The number of benzene rings is 2. The van der Waals surface area contributed by atoms with E-state index in [-0.39, 0.29) is 0 Å². The predicted molar refractivity (Wildman–Crippen MR) is 105 cm³/mol. The smallest absolute Gasteiger partial charge is 0.247 e. The number of aryl methyl sites for hydroxylation is 1. The summed E-state index contributed by atoms with van der Waals surface area (Å²) in [6.45, 7) is 4.03. The van der Waals surface area contributed by atoms with E-state index in [1.807, 2.05) is 48.9 Å². The number of aromatic nitrogens is 4. The second-order valence-corrected chi connectivity index (χ2v) is 6.86. The Morgan fingerprint density at radius 2 is 1.93 bits per heavy atom. The van der Waals surface area contributed by atoms with Crippen molar-refractivity contribution < 1.29 is 4.42 Å². The van der Waals surface area contributed by atoms with Crippen molar-refractivity contribution >= 4 is 11.6 Å². The van der Waals surface area contributed by atoms with E-state index in [9.17, 15) is 0 Å². The molecule has 28 heavy (non-hydrogen) atoms. The molecule has 0 spiro atoms. The fourth-order valence-electron chi connectivity index (χ4n) is 3.18. The van der Waals surface area contributed by atoms with Crippen molar-refractivity contribution in [3.05, 3.63) is 82.0 Å². The summed E-state index contributed by atoms with van der Waals surface area (Å²) in [7, 11) is 0. The highest BCUT2D eigenvalue weighted by atomic mass is 35.5. The van der Waals surface area contributed by atoms with E-state index in [1.165, 1.54) is 6.39 Å². The summed E-state index contributed by atoms with van der Waals surface area (Å²) in [4.78, 5) is 0. The van der Waals surface area contributed by atoms with Crippen LogP contribution in [0.1, 0.15) is 28.1 Å². The van der Waals surface area contributed by atoms with E-state index >= 15 is 0 Å². The molecule has 2 aromatic heterocycles. The highest BCUT2D eigenvalue weighted by Crippen LogP contribution is 2.25. The third-order valence-electron chi connectivity index (χ3n) is 4.70. The van der Waals surface area contributed by atoms with Gasteiger partial charge in [0.1, 0.15) is 6.07 Å². The molecule has 2 heterocycles. The molecule has 0 amide bonds. The first kappa shape index (κ1) is 18.0. The minimum absolute atomic E-state index is 0.422. The van der Waals surface area contributed by atoms with Gasteiger partial charge in [0.25, 0.3) is 0 Å². The molecule has 0 aliphatic heterocycles. The highest BCUT2D eigenvalue weighted by molar-refractivity contribution is 6.31. The van der Waals surface area contributed by atoms with Crippen LogP contribution < -0.4 is 0 Å². The van der Waals surface area contributed by atoms with E-state index < -0.39 is 0 Å². The molecular weight excluding hydrogens is 374 g/mol. The second-order valence-electron chi connectivity index (χ2n) is 6.45. The van der Waals surface area contributed by atoms with Gasteiger partial charge in [-0.1, -0.05) is 23.7 Å². The molecule has 0 fully saturated rings. The predicted octanol–water partition coefficient (Wildman–Crippen LogP) is 4.66. The van der Waals surface area contributed by atoms with Gasteiger partial charge in [-0.3, -0.25) is 0 Å². The lowest BCUT2D eigenvalue weighted by Gasteiger charge is -2.07. The summed E-state index contributed by atoms with van der Waals surface area (Å²) in [5.74, 6) is 0.504. The average Bonchev–Trinajstić information content (AvgIpc) is 3.33. The first-order chi connectivity index (χ1) is 13.6. The van der Waals surface area contributed by atoms with Crippen molar-refractivity contribution in [2.75, 3.05) is 0 Å². The van der Waals surface area contributed by atoms with Crippen molar-refractivity contribution in [3.8, 4) is 23.2 Å². The van der Waals surface area contributed by atoms with E-state index in [1.54, 1.807) is 12.1 Å². The van der Waals surface area contributed by atoms with Crippen LogP contribution in [0.15, 0.2) is 53.3 Å². The summed E-state index contributed by atoms with van der Waals surface area (Å²) in [6, 6.07) is 15.4. The molecule has 0 radical (unpaired) electrons. The number of rotatable bonds is 4. The molecule has 0 aliphatic carbocycles. The Morgan fingerprint density at radius 3 is 2.57 bits per heavy atom. The van der Waals surface area contributed by atoms with Crippen molar-refractivity contribution in [3.63, 3.8) is 0 Å². The van der Waals surface area contributed by atoms with Crippen LogP contribution in [0.25, 0.3) is 17.1 Å². The molecule has 2 aromatic carbocycles. The molecule has 138 valence electrons. The van der Waals surface area contributed by atoms with Crippen LogP contribution in [0.5, 0.6) is 0 Å². The third kappa shape index (κ3) is 3.28. The maximum Gasteiger partial charge on any atom is 0.247 e. The Labute approximate surface area is 167 Å². The van der Waals surface area contributed by atoms with Crippen molar-refractivity contribution in [2.45, 2.75) is 20.3 Å². The van der Waals surface area contributed by atoms with Crippen LogP contribution in [0.4, 0.5) is 0 Å². The van der Waals surface area contributed by atoms with Crippen molar-refractivity contribution in [1.82, 2.24) is 20.0 Å². The molecule has 0 saturated carbocycles. The molecule has 0 saturated heterocycles. The normalized spacial score (nSPS) is 10.8. The van der Waals surface area contributed by atoms with Gasteiger partial charge in [0, 0.05) is 23.2 Å². The SMILES string of the molecule is Cc1nn(-c2ccc(C#N)c(Cl)c2)c(C)c1Cc1ccc(-c2nnco2)cc1. The zero-order valence-electron chi connectivity index (χ0n) is 15.3. The van der Waals surface area contributed by atoms with Crippen molar-refractivity contribution in [1.29, 1.82) is 5.26 Å². The first-order valence-corrected chi connectivity index (χ1v) is 9.05. The first-order valence-electron chi connectivity index (χ1n) is 8.67. The average molecular weight is 390 g/mol. The van der Waals surface area contributed by atoms with Crippen molar-refractivity contribution in [2.24, 2.45) is 0 Å². The molecule has 6 nitrogen and oxygen atoms in total. The number of hydrogen-bond acceptors (Lipinski definition) is 5. The van der Waals surface area contributed by atoms with Crippen LogP contribution >= 0.6 is 11.6 Å². The topological polar surface area (TPSA) is 80.5 Å². The lowest BCUT2D eigenvalue weighted by molar-refractivity contribution is 0.568. The van der Waals surface area contributed by atoms with E-state index in [0.717, 1.165) is 40.2 Å². The highest BCUT2D eigenvalue weighted by Gasteiger charge is 2.14. The zero-order chi connectivity index (χ0) is 19.7. The Balaban J connectivity index is 1.63. The number of nitriles is 1. The monoisotopic (exact) mass is 389 g/mol. The molecule has 0 N–H and O–H groups in total. The van der Waals surface area contributed by atoms with Gasteiger partial charge < -0.3 is 4.42 Å². The Hall–Kier alpha value is -3.43. The molecule has 0 atom stereocenters. The molecule has 7 heteroatoms. The molecular formula is C21H16ClN5O. The molecule has 0 unspecified atom stereocenters. The van der Waals surface area contributed by atoms with Gasteiger partial charge in [-0.25, -0.2) is 4.68 Å². The zero-order valence-corrected chi connectivity index (χ0v) is 16.1. The van der Waals surface area contributed by atoms with Gasteiger partial charge in [0.2, 0.25) is 12.3 Å². The molecule has 0 bridgehead atoms. The minimum atomic E-state index is 0.422. The van der Waals surface area contributed by atoms with E-state index in [2.05, 4.69) is 21.4 Å². The van der Waals surface area contributed by atoms with Crippen LogP contribution in [-0.2, 0) is 6.42 Å². The van der Waals surface area contributed by atoms with Crippen LogP contribution in [0.3, 0.4) is 0 Å². The summed E-state index contributed by atoms with van der Waals surface area (Å²) >= 11 is 6.18. The fraction of sp³-hybridized carbons (Fsp3) is 0.143. The van der Waals surface area contributed by atoms with Crippen LogP contribution in [0, 0.1) is 25.2 Å². The minimum Gasteiger partial charge on any atom is -0.423 e. The summed E-state index contributed by atoms with van der Waals surface area (Å²) in [5.41, 5.74) is 6.49. The van der Waals surface area contributed by atoms with E-state index in [0.29, 0.717) is 16.5 Å². The van der Waals surface area contributed by atoms with Gasteiger partial charge in [-0.2, -0.15) is 10.4 Å². The Morgan fingerprint density at radius 1 is 1.14 bits per heavy atom. The Kier molecular flexibility index (Phi) is 4.68. The summed E-state index contributed by atoms with van der Waals surface area (Å²) in [6.07, 6.45) is 2.07. The second kappa shape index (κ2) is 7.29. The summed E-state index contributed by atoms with van der Waals surface area (Å²) < 4.78 is 7.09. The standard InChI is InChI=1S/C21H16ClN5O/c1-13-19(9-15-3-5-16(6-4-15)21-25-24-12-28-21)14(2)27(26-13)18-8-7-17(11-23)20(22)10-18/h3-8,10,12H,9H2,1-2H3. The number of nitrogens with zero attached hydrogens (tertiary/aromatic N) is 5. The van der Waals surface area contributed by atoms with Crippen LogP contribution in [-0.4, -0.2) is 20.0 Å². The largest absolute Gasteiger partial charge is 0.423 e. The molecule has 4 aromatic rings. The molecule has 0 aliphatic rings. The Bertz CT molecular complexity index is 1170. The number of hydrogen-bond donors (Lipinski definition) is 0. The number of halogens is 1. The lowest BCUT2D eigenvalue weighted by Crippen LogP contribution is -2.00. The quantitative estimate of drug-likeness (QED) is 0.507. The van der Waals surface area contributed by atoms with Gasteiger partial charge in [0.05, 0.1) is 22.0 Å². The maximum absolute atomic E-state index is 9.06. The maximum atomic E-state index is 9.06. The van der Waals surface area contributed by atoms with Crippen LogP contribution in [0.2, 0.25) is 5.02 Å². The van der Waals surface area contributed by atoms with E-state index in [4.69, 9.17) is 21.3 Å². The van der Waals surface area contributed by atoms with Gasteiger partial charge in [-0.05, 0) is 49.7 Å². The fourth-order valence-corrected chi connectivity index (χ4v) is 3.39. The van der Waals surface area contributed by atoms with Gasteiger partial charge in [0.15, 0.2) is 0 Å². The van der Waals surface area contributed by atoms with Gasteiger partial charge in [-0.15, -0.1) is 10.2 Å². The lowest BCUT2D eigenvalue weighted by atomic mass is 10.0. The third-order valence-corrected chi connectivity index (χ3v) is 5.01.